The molecular formula is C24H31N5O2. The van der Waals surface area contributed by atoms with Crippen molar-refractivity contribution in [2.75, 3.05) is 26.2 Å². The summed E-state index contributed by atoms with van der Waals surface area (Å²) in [5.41, 5.74) is 3.14. The number of pyridine rings is 1. The first-order valence-corrected chi connectivity index (χ1v) is 11.4. The lowest BCUT2D eigenvalue weighted by Gasteiger charge is -2.23. The number of furan rings is 1. The van der Waals surface area contributed by atoms with Gasteiger partial charge in [-0.2, -0.15) is 5.10 Å². The second kappa shape index (κ2) is 7.79. The van der Waals surface area contributed by atoms with E-state index in [9.17, 15) is 4.79 Å². The number of aromatic nitrogens is 3. The molecule has 0 aliphatic carbocycles. The maximum Gasteiger partial charge on any atom is 0.254 e. The van der Waals surface area contributed by atoms with Crippen LogP contribution in [0.3, 0.4) is 0 Å². The lowest BCUT2D eigenvalue weighted by Crippen LogP contribution is -2.37. The number of likely N-dealkylation sites (tertiary alicyclic amines) is 2. The third-order valence-corrected chi connectivity index (χ3v) is 6.71. The minimum Gasteiger partial charge on any atom is -0.466 e. The molecule has 0 N–H and O–H groups in total. The summed E-state index contributed by atoms with van der Waals surface area (Å²) >= 11 is 0. The third-order valence-electron chi connectivity index (χ3n) is 6.71. The standard InChI is InChI=1S/C24H31N5O2/c1-15(2)29-23-21(13-25-29)20(12-22(26-23)19-11-16(3)31-17(19)4)24(30)28-10-7-18(14-28)27-8-5-6-9-27/h11-13,15,18H,5-10,14H2,1-4H3. The van der Waals surface area contributed by atoms with Crippen molar-refractivity contribution in [3.8, 4) is 11.3 Å². The van der Waals surface area contributed by atoms with Gasteiger partial charge in [-0.1, -0.05) is 0 Å². The monoisotopic (exact) mass is 421 g/mol. The minimum atomic E-state index is 0.0801. The Morgan fingerprint density at radius 3 is 2.61 bits per heavy atom. The molecule has 1 amide bonds. The van der Waals surface area contributed by atoms with Gasteiger partial charge in [0.25, 0.3) is 5.91 Å². The van der Waals surface area contributed by atoms with Crippen molar-refractivity contribution in [2.24, 2.45) is 0 Å². The van der Waals surface area contributed by atoms with Crippen LogP contribution >= 0.6 is 0 Å². The number of fused-ring (bicyclic) bond motifs is 1. The van der Waals surface area contributed by atoms with E-state index < -0.39 is 0 Å². The normalized spacial score (nSPS) is 19.9. The molecule has 0 radical (unpaired) electrons. The van der Waals surface area contributed by atoms with E-state index in [0.29, 0.717) is 11.6 Å². The molecule has 31 heavy (non-hydrogen) atoms. The van der Waals surface area contributed by atoms with Crippen molar-refractivity contribution >= 4 is 16.9 Å². The molecule has 2 saturated heterocycles. The summed E-state index contributed by atoms with van der Waals surface area (Å²) < 4.78 is 7.65. The molecule has 1 unspecified atom stereocenters. The van der Waals surface area contributed by atoms with Crippen molar-refractivity contribution in [1.82, 2.24) is 24.6 Å². The molecule has 7 nitrogen and oxygen atoms in total. The molecule has 0 bridgehead atoms. The molecule has 2 aliphatic rings. The fourth-order valence-corrected chi connectivity index (χ4v) is 5.10. The molecule has 5 rings (SSSR count). The summed E-state index contributed by atoms with van der Waals surface area (Å²) in [7, 11) is 0. The molecule has 5 heterocycles. The maximum atomic E-state index is 13.7. The van der Waals surface area contributed by atoms with E-state index in [-0.39, 0.29) is 11.9 Å². The Morgan fingerprint density at radius 1 is 1.16 bits per heavy atom. The first kappa shape index (κ1) is 20.2. The topological polar surface area (TPSA) is 67.4 Å². The van der Waals surface area contributed by atoms with Crippen LogP contribution < -0.4 is 0 Å². The highest BCUT2D eigenvalue weighted by molar-refractivity contribution is 6.06. The lowest BCUT2D eigenvalue weighted by atomic mass is 10.1. The second-order valence-electron chi connectivity index (χ2n) is 9.24. The number of carbonyl (C=O) groups excluding carboxylic acids is 1. The zero-order chi connectivity index (χ0) is 21.7. The van der Waals surface area contributed by atoms with Gasteiger partial charge in [-0.25, -0.2) is 9.67 Å². The first-order chi connectivity index (χ1) is 14.9. The zero-order valence-corrected chi connectivity index (χ0v) is 18.9. The number of hydrogen-bond donors (Lipinski definition) is 0. The van der Waals surface area contributed by atoms with E-state index >= 15 is 0 Å². The van der Waals surface area contributed by atoms with Gasteiger partial charge in [0.05, 0.1) is 22.8 Å². The highest BCUT2D eigenvalue weighted by Crippen LogP contribution is 2.31. The van der Waals surface area contributed by atoms with Crippen LogP contribution in [0.25, 0.3) is 22.3 Å². The Kier molecular flexibility index (Phi) is 5.08. The first-order valence-electron chi connectivity index (χ1n) is 11.4. The summed E-state index contributed by atoms with van der Waals surface area (Å²) in [6, 6.07) is 4.56. The van der Waals surface area contributed by atoms with E-state index in [0.717, 1.165) is 66.4 Å². The van der Waals surface area contributed by atoms with Crippen LogP contribution in [0.4, 0.5) is 0 Å². The van der Waals surface area contributed by atoms with E-state index in [1.807, 2.05) is 35.6 Å². The van der Waals surface area contributed by atoms with Crippen LogP contribution in [-0.4, -0.2) is 62.7 Å². The third kappa shape index (κ3) is 3.55. The van der Waals surface area contributed by atoms with Crippen molar-refractivity contribution < 1.29 is 9.21 Å². The molecule has 2 aliphatic heterocycles. The van der Waals surface area contributed by atoms with Crippen LogP contribution in [-0.2, 0) is 0 Å². The fraction of sp³-hybridized carbons (Fsp3) is 0.542. The van der Waals surface area contributed by atoms with Gasteiger partial charge in [0.1, 0.15) is 11.5 Å². The molecule has 3 aromatic rings. The van der Waals surface area contributed by atoms with Crippen LogP contribution in [0.15, 0.2) is 22.7 Å². The molecule has 0 saturated carbocycles. The van der Waals surface area contributed by atoms with Crippen LogP contribution in [0.2, 0.25) is 0 Å². The number of carbonyl (C=O) groups is 1. The lowest BCUT2D eigenvalue weighted by molar-refractivity contribution is 0.0782. The smallest absolute Gasteiger partial charge is 0.254 e. The summed E-state index contributed by atoms with van der Waals surface area (Å²) in [5.74, 6) is 1.73. The van der Waals surface area contributed by atoms with Gasteiger partial charge in [-0.05, 0) is 72.2 Å². The van der Waals surface area contributed by atoms with Crippen LogP contribution in [0.1, 0.15) is 61.0 Å². The highest BCUT2D eigenvalue weighted by atomic mass is 16.3. The number of rotatable bonds is 4. The Morgan fingerprint density at radius 2 is 1.94 bits per heavy atom. The molecule has 0 spiro atoms. The molecule has 2 fully saturated rings. The average Bonchev–Trinajstić information content (AvgIpc) is 3.51. The summed E-state index contributed by atoms with van der Waals surface area (Å²) in [6.45, 7) is 12.0. The van der Waals surface area contributed by atoms with E-state index in [4.69, 9.17) is 9.40 Å². The Bertz CT molecular complexity index is 1120. The predicted octanol–water partition coefficient (Wildman–Crippen LogP) is 4.20. The fourth-order valence-electron chi connectivity index (χ4n) is 5.10. The number of aryl methyl sites for hydroxylation is 2. The van der Waals surface area contributed by atoms with E-state index in [1.54, 1.807) is 6.20 Å². The summed E-state index contributed by atoms with van der Waals surface area (Å²) in [6.07, 6.45) is 5.40. The van der Waals surface area contributed by atoms with Crippen molar-refractivity contribution in [2.45, 2.75) is 59.0 Å². The van der Waals surface area contributed by atoms with Gasteiger partial charge in [0.15, 0.2) is 5.65 Å². The molecule has 0 aromatic carbocycles. The molecule has 1 atom stereocenters. The van der Waals surface area contributed by atoms with Crippen LogP contribution in [0, 0.1) is 13.8 Å². The second-order valence-corrected chi connectivity index (χ2v) is 9.24. The molecule has 7 heteroatoms. The summed E-state index contributed by atoms with van der Waals surface area (Å²) in [4.78, 5) is 23.2. The average molecular weight is 422 g/mol. The quantitative estimate of drug-likeness (QED) is 0.632. The van der Waals surface area contributed by atoms with Crippen molar-refractivity contribution in [1.29, 1.82) is 0 Å². The van der Waals surface area contributed by atoms with Gasteiger partial charge in [0.2, 0.25) is 0 Å². The molecular weight excluding hydrogens is 390 g/mol. The summed E-state index contributed by atoms with van der Waals surface area (Å²) in [5, 5.41) is 5.38. The molecule has 164 valence electrons. The van der Waals surface area contributed by atoms with Gasteiger partial charge in [-0.3, -0.25) is 9.69 Å². The van der Waals surface area contributed by atoms with E-state index in [2.05, 4.69) is 23.8 Å². The molecule has 3 aromatic heterocycles. The van der Waals surface area contributed by atoms with Gasteiger partial charge in [-0.15, -0.1) is 0 Å². The highest BCUT2D eigenvalue weighted by Gasteiger charge is 2.33. The van der Waals surface area contributed by atoms with Crippen LogP contribution in [0.5, 0.6) is 0 Å². The van der Waals surface area contributed by atoms with Gasteiger partial charge < -0.3 is 9.32 Å². The Balaban J connectivity index is 1.55. The SMILES string of the molecule is Cc1cc(-c2cc(C(=O)N3CCC(N4CCCC4)C3)c3cnn(C(C)C)c3n2)c(C)o1. The van der Waals surface area contributed by atoms with Crippen molar-refractivity contribution in [3.05, 3.63) is 35.4 Å². The minimum absolute atomic E-state index is 0.0801. The van der Waals surface area contributed by atoms with Gasteiger partial charge in [0, 0.05) is 30.7 Å². The number of hydrogen-bond acceptors (Lipinski definition) is 5. The predicted molar refractivity (Wildman–Crippen MR) is 120 cm³/mol. The zero-order valence-electron chi connectivity index (χ0n) is 18.9. The maximum absolute atomic E-state index is 13.7. The van der Waals surface area contributed by atoms with E-state index in [1.165, 1.54) is 12.8 Å². The Labute approximate surface area is 183 Å². The Hall–Kier alpha value is -2.67. The largest absolute Gasteiger partial charge is 0.466 e. The van der Waals surface area contributed by atoms with Gasteiger partial charge >= 0.3 is 0 Å². The van der Waals surface area contributed by atoms with Crippen molar-refractivity contribution in [3.63, 3.8) is 0 Å². The number of nitrogens with zero attached hydrogens (tertiary/aromatic N) is 5. The number of amides is 1.